The average molecular weight is 418 g/mol. The second-order valence-electron chi connectivity index (χ2n) is 6.62. The molecule has 0 saturated heterocycles. The lowest BCUT2D eigenvalue weighted by Crippen LogP contribution is -2.21. The van der Waals surface area contributed by atoms with Crippen LogP contribution in [0.3, 0.4) is 0 Å². The molecule has 0 aliphatic heterocycles. The predicted molar refractivity (Wildman–Crippen MR) is 113 cm³/mol. The third-order valence-corrected chi connectivity index (χ3v) is 4.54. The van der Waals surface area contributed by atoms with E-state index in [1.54, 1.807) is 0 Å². The standard InChI is InChI=1S/C20H21Cl2N5O/c1-13(2)18(28)27-20(24-12-15-5-9-17(22)10-6-15)25-19(26-27)23-11-14-3-7-16(21)8-4-14/h3-10,13H,11-12H2,1-2H3,(H2,23,24,25,26). The van der Waals surface area contributed by atoms with Crippen LogP contribution in [0, 0.1) is 5.92 Å². The molecule has 0 radical (unpaired) electrons. The number of halogens is 2. The number of rotatable bonds is 7. The Bertz CT molecular complexity index is 936. The van der Waals surface area contributed by atoms with Crippen LogP contribution in [0.15, 0.2) is 48.5 Å². The summed E-state index contributed by atoms with van der Waals surface area (Å²) in [6, 6.07) is 15.0. The number of aromatic nitrogens is 3. The third kappa shape index (κ3) is 5.24. The van der Waals surface area contributed by atoms with Gasteiger partial charge in [0.15, 0.2) is 0 Å². The molecule has 2 aromatic carbocycles. The van der Waals surface area contributed by atoms with Gasteiger partial charge >= 0.3 is 0 Å². The van der Waals surface area contributed by atoms with E-state index in [1.807, 2.05) is 62.4 Å². The predicted octanol–water partition coefficient (Wildman–Crippen LogP) is 5.11. The van der Waals surface area contributed by atoms with Crippen molar-refractivity contribution in [3.05, 3.63) is 69.7 Å². The van der Waals surface area contributed by atoms with E-state index in [1.165, 1.54) is 4.68 Å². The number of hydrogen-bond donors (Lipinski definition) is 2. The fraction of sp³-hybridized carbons (Fsp3) is 0.250. The number of anilines is 2. The first-order valence-electron chi connectivity index (χ1n) is 8.90. The molecule has 6 nitrogen and oxygen atoms in total. The largest absolute Gasteiger partial charge is 0.350 e. The quantitative estimate of drug-likeness (QED) is 0.558. The van der Waals surface area contributed by atoms with E-state index in [0.29, 0.717) is 35.0 Å². The van der Waals surface area contributed by atoms with Gasteiger partial charge in [-0.3, -0.25) is 4.79 Å². The summed E-state index contributed by atoms with van der Waals surface area (Å²) in [5.74, 6) is 0.433. The maximum absolute atomic E-state index is 12.5. The van der Waals surface area contributed by atoms with Gasteiger partial charge in [-0.25, -0.2) is 0 Å². The Morgan fingerprint density at radius 3 is 1.93 bits per heavy atom. The fourth-order valence-electron chi connectivity index (χ4n) is 2.47. The molecule has 0 spiro atoms. The van der Waals surface area contributed by atoms with Crippen molar-refractivity contribution in [1.82, 2.24) is 14.8 Å². The number of carbonyl (C=O) groups excluding carboxylic acids is 1. The summed E-state index contributed by atoms with van der Waals surface area (Å²) in [7, 11) is 0. The number of benzene rings is 2. The van der Waals surface area contributed by atoms with Crippen LogP contribution in [0.4, 0.5) is 11.9 Å². The van der Waals surface area contributed by atoms with Gasteiger partial charge < -0.3 is 10.6 Å². The highest BCUT2D eigenvalue weighted by atomic mass is 35.5. The summed E-state index contributed by atoms with van der Waals surface area (Å²) < 4.78 is 1.31. The Kier molecular flexibility index (Phi) is 6.54. The van der Waals surface area contributed by atoms with Gasteiger partial charge in [-0.05, 0) is 35.4 Å². The average Bonchev–Trinajstić information content (AvgIpc) is 3.09. The molecular formula is C20H21Cl2N5O. The van der Waals surface area contributed by atoms with Crippen molar-refractivity contribution in [3.63, 3.8) is 0 Å². The van der Waals surface area contributed by atoms with Crippen LogP contribution in [0.1, 0.15) is 29.8 Å². The normalized spacial score (nSPS) is 10.9. The molecule has 0 aliphatic carbocycles. The summed E-state index contributed by atoms with van der Waals surface area (Å²) in [4.78, 5) is 16.9. The second-order valence-corrected chi connectivity index (χ2v) is 7.50. The maximum atomic E-state index is 12.5. The number of hydrogen-bond acceptors (Lipinski definition) is 5. The molecular weight excluding hydrogens is 397 g/mol. The summed E-state index contributed by atoms with van der Waals surface area (Å²) in [6.45, 7) is 4.67. The Morgan fingerprint density at radius 1 is 0.929 bits per heavy atom. The highest BCUT2D eigenvalue weighted by molar-refractivity contribution is 6.30. The minimum atomic E-state index is -0.207. The van der Waals surface area contributed by atoms with Crippen molar-refractivity contribution in [2.45, 2.75) is 26.9 Å². The van der Waals surface area contributed by atoms with Gasteiger partial charge in [0.1, 0.15) is 0 Å². The fourth-order valence-corrected chi connectivity index (χ4v) is 2.72. The zero-order chi connectivity index (χ0) is 20.1. The summed E-state index contributed by atoms with van der Waals surface area (Å²) in [5.41, 5.74) is 2.05. The van der Waals surface area contributed by atoms with Crippen molar-refractivity contribution in [3.8, 4) is 0 Å². The summed E-state index contributed by atoms with van der Waals surface area (Å²) in [5, 5.41) is 12.0. The molecule has 3 rings (SSSR count). The van der Waals surface area contributed by atoms with Crippen LogP contribution in [-0.2, 0) is 13.1 Å². The Balaban J connectivity index is 1.74. The van der Waals surface area contributed by atoms with Gasteiger partial charge in [-0.1, -0.05) is 61.3 Å². The Morgan fingerprint density at radius 2 is 1.43 bits per heavy atom. The lowest BCUT2D eigenvalue weighted by Gasteiger charge is -2.08. The highest BCUT2D eigenvalue weighted by Gasteiger charge is 2.18. The van der Waals surface area contributed by atoms with Crippen LogP contribution < -0.4 is 10.6 Å². The molecule has 0 unspecified atom stereocenters. The monoisotopic (exact) mass is 417 g/mol. The van der Waals surface area contributed by atoms with Gasteiger partial charge in [0.2, 0.25) is 11.9 Å². The van der Waals surface area contributed by atoms with Gasteiger partial charge in [-0.15, -0.1) is 5.10 Å². The molecule has 146 valence electrons. The van der Waals surface area contributed by atoms with E-state index in [-0.39, 0.29) is 11.8 Å². The van der Waals surface area contributed by atoms with E-state index in [4.69, 9.17) is 23.2 Å². The molecule has 0 aliphatic rings. The van der Waals surface area contributed by atoms with E-state index >= 15 is 0 Å². The zero-order valence-corrected chi connectivity index (χ0v) is 17.1. The van der Waals surface area contributed by atoms with Crippen LogP contribution >= 0.6 is 23.2 Å². The summed E-state index contributed by atoms with van der Waals surface area (Å²) >= 11 is 11.8. The van der Waals surface area contributed by atoms with Crippen molar-refractivity contribution >= 4 is 41.0 Å². The number of nitrogens with one attached hydrogen (secondary N) is 2. The zero-order valence-electron chi connectivity index (χ0n) is 15.6. The van der Waals surface area contributed by atoms with Gasteiger partial charge in [0.25, 0.3) is 5.91 Å². The third-order valence-electron chi connectivity index (χ3n) is 4.04. The van der Waals surface area contributed by atoms with E-state index < -0.39 is 0 Å². The molecule has 0 bridgehead atoms. The van der Waals surface area contributed by atoms with Crippen molar-refractivity contribution in [2.24, 2.45) is 5.92 Å². The van der Waals surface area contributed by atoms with E-state index in [9.17, 15) is 4.79 Å². The Labute approximate surface area is 173 Å². The first kappa shape index (κ1) is 20.2. The molecule has 2 N–H and O–H groups in total. The minimum absolute atomic E-state index is 0.134. The van der Waals surface area contributed by atoms with Gasteiger partial charge in [0, 0.05) is 29.1 Å². The van der Waals surface area contributed by atoms with Gasteiger partial charge in [-0.2, -0.15) is 9.67 Å². The topological polar surface area (TPSA) is 71.8 Å². The molecule has 0 saturated carbocycles. The summed E-state index contributed by atoms with van der Waals surface area (Å²) in [6.07, 6.45) is 0. The van der Waals surface area contributed by atoms with Crippen LogP contribution in [-0.4, -0.2) is 20.7 Å². The maximum Gasteiger partial charge on any atom is 0.252 e. The Hall–Kier alpha value is -2.57. The molecule has 3 aromatic rings. The molecule has 0 atom stereocenters. The molecule has 0 fully saturated rings. The number of carbonyl (C=O) groups is 1. The van der Waals surface area contributed by atoms with Crippen LogP contribution in [0.5, 0.6) is 0 Å². The van der Waals surface area contributed by atoms with Crippen molar-refractivity contribution in [1.29, 1.82) is 0 Å². The minimum Gasteiger partial charge on any atom is -0.350 e. The molecule has 8 heteroatoms. The molecule has 0 amide bonds. The van der Waals surface area contributed by atoms with Crippen molar-refractivity contribution in [2.75, 3.05) is 10.6 Å². The number of nitrogens with zero attached hydrogens (tertiary/aromatic N) is 3. The molecule has 1 aromatic heterocycles. The SMILES string of the molecule is CC(C)C(=O)n1nc(NCc2ccc(Cl)cc2)nc1NCc1ccc(Cl)cc1. The van der Waals surface area contributed by atoms with E-state index in [0.717, 1.165) is 11.1 Å². The van der Waals surface area contributed by atoms with E-state index in [2.05, 4.69) is 20.7 Å². The van der Waals surface area contributed by atoms with Crippen molar-refractivity contribution < 1.29 is 4.79 Å². The molecule has 28 heavy (non-hydrogen) atoms. The molecule has 1 heterocycles. The van der Waals surface area contributed by atoms with Gasteiger partial charge in [0.05, 0.1) is 0 Å². The second kappa shape index (κ2) is 9.08. The first-order chi connectivity index (χ1) is 13.4. The van der Waals surface area contributed by atoms with Crippen LogP contribution in [0.25, 0.3) is 0 Å². The lowest BCUT2D eigenvalue weighted by atomic mass is 10.2. The van der Waals surface area contributed by atoms with Crippen LogP contribution in [0.2, 0.25) is 10.0 Å². The smallest absolute Gasteiger partial charge is 0.252 e. The first-order valence-corrected chi connectivity index (χ1v) is 9.66. The highest BCUT2D eigenvalue weighted by Crippen LogP contribution is 2.16. The lowest BCUT2D eigenvalue weighted by molar-refractivity contribution is 0.0841.